The number of hydrogen-bond donors (Lipinski definition) is 0. The second kappa shape index (κ2) is 7.16. The summed E-state index contributed by atoms with van der Waals surface area (Å²) in [6, 6.07) is 14.3. The highest BCUT2D eigenvalue weighted by Gasteiger charge is 2.33. The van der Waals surface area contributed by atoms with Crippen molar-refractivity contribution in [3.05, 3.63) is 53.0 Å². The molecule has 1 saturated heterocycles. The number of nitrogens with zero attached hydrogens (tertiary/aromatic N) is 5. The average molecular weight is 472 g/mol. The predicted molar refractivity (Wildman–Crippen MR) is 114 cm³/mol. The van der Waals surface area contributed by atoms with Crippen molar-refractivity contribution in [3.8, 4) is 0 Å². The molecule has 1 aliphatic heterocycles. The Morgan fingerprint density at radius 3 is 2.48 bits per heavy atom. The zero-order chi connectivity index (χ0) is 20.0. The van der Waals surface area contributed by atoms with Gasteiger partial charge in [-0.2, -0.15) is 4.52 Å². The molecule has 29 heavy (non-hydrogen) atoms. The number of fused-ring (bicyclic) bond motifs is 3. The van der Waals surface area contributed by atoms with Gasteiger partial charge in [0.25, 0.3) is 0 Å². The monoisotopic (exact) mass is 471 g/mol. The fourth-order valence-corrected chi connectivity index (χ4v) is 5.27. The van der Waals surface area contributed by atoms with Gasteiger partial charge in [0.05, 0.1) is 5.52 Å². The fourth-order valence-electron chi connectivity index (χ4n) is 3.77. The molecule has 1 aliphatic rings. The highest BCUT2D eigenvalue weighted by atomic mass is 79.9. The van der Waals surface area contributed by atoms with Gasteiger partial charge in [-0.25, -0.2) is 4.98 Å². The molecule has 0 bridgehead atoms. The summed E-state index contributed by atoms with van der Waals surface area (Å²) in [5.74, 6) is 0.794. The first kappa shape index (κ1) is 18.7. The minimum Gasteiger partial charge on any atom is -0.604 e. The second-order valence-electron chi connectivity index (χ2n) is 7.09. The molecule has 0 spiro atoms. The van der Waals surface area contributed by atoms with E-state index in [0.717, 1.165) is 47.1 Å². The SMILES string of the molecule is O=[S+]([O-])(c1ccc(Br)cc1)c1nnn2c1nc(N1CCCCC1)c1ccccc12. The van der Waals surface area contributed by atoms with E-state index in [-0.39, 0.29) is 15.6 Å². The molecule has 148 valence electrons. The van der Waals surface area contributed by atoms with Crippen LogP contribution in [-0.4, -0.2) is 37.5 Å². The Kier molecular flexibility index (Phi) is 4.60. The number of piperidine rings is 1. The molecule has 0 N–H and O–H groups in total. The molecule has 9 heteroatoms. The lowest BCUT2D eigenvalue weighted by Gasteiger charge is -2.28. The molecule has 2 aromatic carbocycles. The summed E-state index contributed by atoms with van der Waals surface area (Å²) >= 11 is 3.34. The van der Waals surface area contributed by atoms with Crippen LogP contribution in [0, 0.1) is 0 Å². The van der Waals surface area contributed by atoms with Crippen LogP contribution in [0.2, 0.25) is 0 Å². The van der Waals surface area contributed by atoms with E-state index in [2.05, 4.69) is 31.1 Å². The van der Waals surface area contributed by atoms with Gasteiger partial charge in [0.2, 0.25) is 5.65 Å². The minimum absolute atomic E-state index is 0.121. The van der Waals surface area contributed by atoms with E-state index >= 15 is 0 Å². The number of halogens is 1. The van der Waals surface area contributed by atoms with Crippen LogP contribution in [0.25, 0.3) is 16.6 Å². The first-order valence-electron chi connectivity index (χ1n) is 9.45. The zero-order valence-corrected chi connectivity index (χ0v) is 17.9. The summed E-state index contributed by atoms with van der Waals surface area (Å²) in [5, 5.41) is 9.00. The van der Waals surface area contributed by atoms with E-state index in [1.54, 1.807) is 24.3 Å². The van der Waals surface area contributed by atoms with Crippen LogP contribution < -0.4 is 4.90 Å². The molecular formula is C20H18BrN5O2S. The van der Waals surface area contributed by atoms with Crippen LogP contribution in [0.3, 0.4) is 0 Å². The highest BCUT2D eigenvalue weighted by molar-refractivity contribution is 9.10. The Balaban J connectivity index is 1.75. The average Bonchev–Trinajstić information content (AvgIpc) is 3.19. The van der Waals surface area contributed by atoms with E-state index in [0.29, 0.717) is 0 Å². The summed E-state index contributed by atoms with van der Waals surface area (Å²) < 4.78 is 28.8. The lowest BCUT2D eigenvalue weighted by molar-refractivity contribution is 0.475. The molecule has 4 aromatic rings. The van der Waals surface area contributed by atoms with Gasteiger partial charge in [-0.3, -0.25) is 0 Å². The molecule has 1 unspecified atom stereocenters. The third kappa shape index (κ3) is 3.13. The van der Waals surface area contributed by atoms with Crippen LogP contribution in [0.5, 0.6) is 0 Å². The molecule has 7 nitrogen and oxygen atoms in total. The summed E-state index contributed by atoms with van der Waals surface area (Å²) in [6.45, 7) is 1.81. The summed E-state index contributed by atoms with van der Waals surface area (Å²) in [5.41, 5.74) is 1.05. The Morgan fingerprint density at radius 2 is 1.72 bits per heavy atom. The highest BCUT2D eigenvalue weighted by Crippen LogP contribution is 2.33. The van der Waals surface area contributed by atoms with E-state index in [9.17, 15) is 8.76 Å². The number of para-hydroxylation sites is 1. The Bertz CT molecular complexity index is 1250. The second-order valence-corrected chi connectivity index (χ2v) is 9.87. The van der Waals surface area contributed by atoms with Crippen LogP contribution in [-0.2, 0) is 14.4 Å². The van der Waals surface area contributed by atoms with Gasteiger partial charge in [0.15, 0.2) is 4.90 Å². The van der Waals surface area contributed by atoms with Crippen molar-refractivity contribution in [1.82, 2.24) is 19.8 Å². The largest absolute Gasteiger partial charge is 0.604 e. The normalized spacial score (nSPS) is 17.0. The topological polar surface area (TPSA) is 86.4 Å². The molecule has 0 amide bonds. The molecule has 1 fully saturated rings. The lowest BCUT2D eigenvalue weighted by Crippen LogP contribution is -2.30. The zero-order valence-electron chi connectivity index (χ0n) is 15.5. The van der Waals surface area contributed by atoms with Crippen LogP contribution in [0.15, 0.2) is 62.9 Å². The quantitative estimate of drug-likeness (QED) is 0.418. The third-order valence-electron chi connectivity index (χ3n) is 5.24. The Morgan fingerprint density at radius 1 is 1.00 bits per heavy atom. The molecule has 3 heterocycles. The van der Waals surface area contributed by atoms with E-state index in [1.807, 2.05) is 24.3 Å². The smallest absolute Gasteiger partial charge is 0.317 e. The van der Waals surface area contributed by atoms with Crippen molar-refractivity contribution < 1.29 is 8.76 Å². The molecule has 5 rings (SSSR count). The standard InChI is InChI=1S/C20H18BrN5O2S/c21-14-8-10-15(11-9-14)29(27,28)20-19-22-18(25-12-4-1-5-13-25)16-6-2-3-7-17(16)26(19)24-23-20/h2-3,6-11H,1,4-5,12-13H2. The Hall–Kier alpha value is -2.36. The van der Waals surface area contributed by atoms with Crippen molar-refractivity contribution in [3.63, 3.8) is 0 Å². The van der Waals surface area contributed by atoms with Crippen molar-refractivity contribution >= 4 is 48.5 Å². The first-order chi connectivity index (χ1) is 14.1. The van der Waals surface area contributed by atoms with Gasteiger partial charge < -0.3 is 9.45 Å². The van der Waals surface area contributed by atoms with E-state index in [4.69, 9.17) is 4.98 Å². The first-order valence-corrected chi connectivity index (χ1v) is 11.7. The number of rotatable bonds is 3. The van der Waals surface area contributed by atoms with Crippen LogP contribution >= 0.6 is 15.9 Å². The van der Waals surface area contributed by atoms with Gasteiger partial charge in [-0.05, 0) is 55.7 Å². The summed E-state index contributed by atoms with van der Waals surface area (Å²) in [7, 11) is -3.85. The van der Waals surface area contributed by atoms with Crippen molar-refractivity contribution in [2.24, 2.45) is 0 Å². The maximum atomic E-state index is 13.3. The third-order valence-corrected chi connectivity index (χ3v) is 7.43. The maximum Gasteiger partial charge on any atom is 0.317 e. The van der Waals surface area contributed by atoms with Gasteiger partial charge in [-0.15, -0.1) is 0 Å². The van der Waals surface area contributed by atoms with Gasteiger partial charge in [0.1, 0.15) is 16.0 Å². The molecule has 0 radical (unpaired) electrons. The van der Waals surface area contributed by atoms with Gasteiger partial charge in [0, 0.05) is 22.9 Å². The number of anilines is 1. The van der Waals surface area contributed by atoms with Crippen molar-refractivity contribution in [1.29, 1.82) is 0 Å². The molecule has 0 saturated carbocycles. The molecular weight excluding hydrogens is 454 g/mol. The predicted octanol–water partition coefficient (Wildman–Crippen LogP) is 4.08. The number of aromatic nitrogens is 4. The summed E-state index contributed by atoms with van der Waals surface area (Å²) in [4.78, 5) is 7.17. The minimum atomic E-state index is -3.85. The number of benzene rings is 2. The van der Waals surface area contributed by atoms with Crippen LogP contribution in [0.4, 0.5) is 5.82 Å². The maximum absolute atomic E-state index is 13.3. The molecule has 2 aromatic heterocycles. The molecule has 1 atom stereocenters. The summed E-state index contributed by atoms with van der Waals surface area (Å²) in [6.07, 6.45) is 3.40. The van der Waals surface area contributed by atoms with E-state index in [1.165, 1.54) is 10.9 Å². The number of sulfone groups is 1. The van der Waals surface area contributed by atoms with Crippen molar-refractivity contribution in [2.45, 2.75) is 29.2 Å². The van der Waals surface area contributed by atoms with Crippen molar-refractivity contribution in [2.75, 3.05) is 18.0 Å². The van der Waals surface area contributed by atoms with Gasteiger partial charge in [-0.1, -0.05) is 42.6 Å². The lowest BCUT2D eigenvalue weighted by atomic mass is 10.1. The Labute approximate surface area is 177 Å². The fraction of sp³-hybridized carbons (Fsp3) is 0.250. The van der Waals surface area contributed by atoms with Gasteiger partial charge >= 0.3 is 5.03 Å². The molecule has 0 aliphatic carbocycles. The number of hydrogen-bond acceptors (Lipinski definition) is 6. The van der Waals surface area contributed by atoms with Crippen LogP contribution in [0.1, 0.15) is 19.3 Å². The van der Waals surface area contributed by atoms with E-state index < -0.39 is 10.2 Å².